The van der Waals surface area contributed by atoms with E-state index in [1.807, 2.05) is 32.0 Å². The Labute approximate surface area is 203 Å². The van der Waals surface area contributed by atoms with Crippen molar-refractivity contribution in [1.82, 2.24) is 0 Å². The van der Waals surface area contributed by atoms with Gasteiger partial charge in [0.15, 0.2) is 12.4 Å². The highest BCUT2D eigenvalue weighted by molar-refractivity contribution is 6.30. The number of amides is 1. The van der Waals surface area contributed by atoms with Gasteiger partial charge in [-0.25, -0.2) is 0 Å². The largest absolute Gasteiger partial charge is 0.457 e. The highest BCUT2D eigenvalue weighted by Gasteiger charge is 2.36. The maximum atomic E-state index is 12.5. The summed E-state index contributed by atoms with van der Waals surface area (Å²) in [5.74, 6) is -0.302. The highest BCUT2D eigenvalue weighted by Crippen LogP contribution is 2.29. The Morgan fingerprint density at radius 3 is 2.29 bits per heavy atom. The second kappa shape index (κ2) is 10.1. The van der Waals surface area contributed by atoms with Crippen molar-refractivity contribution in [3.63, 3.8) is 0 Å². The minimum atomic E-state index is -0.628. The second-order valence-electron chi connectivity index (χ2n) is 8.29. The van der Waals surface area contributed by atoms with E-state index in [-0.39, 0.29) is 31.3 Å². The van der Waals surface area contributed by atoms with Gasteiger partial charge in [0.05, 0.1) is 5.92 Å². The number of carbonyl (C=O) groups is 3. The molecule has 1 aliphatic rings. The van der Waals surface area contributed by atoms with E-state index in [1.54, 1.807) is 53.4 Å². The molecule has 0 radical (unpaired) electrons. The molecule has 3 aromatic carbocycles. The lowest BCUT2D eigenvalue weighted by molar-refractivity contribution is -0.147. The molecule has 0 saturated carbocycles. The number of rotatable bonds is 7. The van der Waals surface area contributed by atoms with Crippen LogP contribution in [-0.2, 0) is 14.3 Å². The number of hydrogen-bond acceptors (Lipinski definition) is 5. The summed E-state index contributed by atoms with van der Waals surface area (Å²) in [6.45, 7) is 3.89. The molecule has 1 amide bonds. The number of benzene rings is 3. The molecule has 3 aromatic rings. The average molecular weight is 478 g/mol. The lowest BCUT2D eigenvalue weighted by Crippen LogP contribution is -2.27. The molecule has 1 saturated heterocycles. The van der Waals surface area contributed by atoms with E-state index >= 15 is 0 Å². The fraction of sp³-hybridized carbons (Fsp3) is 0.222. The SMILES string of the molecule is Cc1ccc(Oc2ccc(N3C[C@@H](C(=O)OCC(=O)c4ccc(Cl)cc4)CC3=O)cc2)cc1C. The minimum Gasteiger partial charge on any atom is -0.457 e. The zero-order valence-corrected chi connectivity index (χ0v) is 19.7. The van der Waals surface area contributed by atoms with E-state index in [0.29, 0.717) is 22.0 Å². The molecule has 0 bridgehead atoms. The van der Waals surface area contributed by atoms with Gasteiger partial charge in [-0.3, -0.25) is 14.4 Å². The predicted molar refractivity (Wildman–Crippen MR) is 130 cm³/mol. The van der Waals surface area contributed by atoms with Crippen LogP contribution in [0, 0.1) is 19.8 Å². The Hall–Kier alpha value is -3.64. The normalized spacial score (nSPS) is 15.3. The van der Waals surface area contributed by atoms with E-state index in [9.17, 15) is 14.4 Å². The smallest absolute Gasteiger partial charge is 0.311 e. The summed E-state index contributed by atoms with van der Waals surface area (Å²) in [6, 6.07) is 19.4. The van der Waals surface area contributed by atoms with Gasteiger partial charge in [-0.05, 0) is 85.6 Å². The van der Waals surface area contributed by atoms with Gasteiger partial charge < -0.3 is 14.4 Å². The molecular formula is C27H24ClNO5. The number of Topliss-reactive ketones (excluding diaryl/α,β-unsaturated/α-hetero) is 1. The number of nitrogens with zero attached hydrogens (tertiary/aromatic N) is 1. The van der Waals surface area contributed by atoms with Gasteiger partial charge in [-0.2, -0.15) is 0 Å². The number of carbonyl (C=O) groups excluding carboxylic acids is 3. The first-order valence-corrected chi connectivity index (χ1v) is 11.3. The van der Waals surface area contributed by atoms with Crippen molar-refractivity contribution in [2.24, 2.45) is 5.92 Å². The molecule has 0 unspecified atom stereocenters. The third-order valence-electron chi connectivity index (χ3n) is 5.83. The van der Waals surface area contributed by atoms with Crippen molar-refractivity contribution < 1.29 is 23.9 Å². The van der Waals surface area contributed by atoms with Crippen molar-refractivity contribution in [2.45, 2.75) is 20.3 Å². The first-order chi connectivity index (χ1) is 16.3. The summed E-state index contributed by atoms with van der Waals surface area (Å²) in [5, 5.41) is 0.517. The molecule has 1 atom stereocenters. The van der Waals surface area contributed by atoms with E-state index in [1.165, 1.54) is 5.56 Å². The number of aryl methyl sites for hydroxylation is 2. The summed E-state index contributed by atoms with van der Waals surface area (Å²) in [5.41, 5.74) is 3.41. The van der Waals surface area contributed by atoms with Crippen molar-refractivity contribution in [1.29, 1.82) is 0 Å². The first kappa shape index (κ1) is 23.5. The zero-order valence-electron chi connectivity index (χ0n) is 18.9. The van der Waals surface area contributed by atoms with Crippen molar-refractivity contribution >= 4 is 34.9 Å². The Morgan fingerprint density at radius 1 is 0.941 bits per heavy atom. The summed E-state index contributed by atoms with van der Waals surface area (Å²) < 4.78 is 11.1. The lowest BCUT2D eigenvalue weighted by Gasteiger charge is -2.17. The zero-order chi connectivity index (χ0) is 24.2. The van der Waals surface area contributed by atoms with Gasteiger partial charge in [0.2, 0.25) is 5.91 Å². The number of anilines is 1. The van der Waals surface area contributed by atoms with Crippen LogP contribution >= 0.6 is 11.6 Å². The van der Waals surface area contributed by atoms with Crippen LogP contribution in [0.1, 0.15) is 27.9 Å². The summed E-state index contributed by atoms with van der Waals surface area (Å²) in [4.78, 5) is 38.8. The predicted octanol–water partition coefficient (Wildman–Crippen LogP) is 5.53. The molecule has 1 aliphatic heterocycles. The second-order valence-corrected chi connectivity index (χ2v) is 8.72. The van der Waals surface area contributed by atoms with Gasteiger partial charge in [0.25, 0.3) is 0 Å². The van der Waals surface area contributed by atoms with Crippen LogP contribution in [0.15, 0.2) is 66.7 Å². The number of ketones is 1. The average Bonchev–Trinajstić information content (AvgIpc) is 3.22. The van der Waals surface area contributed by atoms with E-state index in [0.717, 1.165) is 11.3 Å². The summed E-state index contributed by atoms with van der Waals surface area (Å²) in [6.07, 6.45) is 0.0366. The maximum absolute atomic E-state index is 12.5. The fourth-order valence-corrected chi connectivity index (χ4v) is 3.82. The monoisotopic (exact) mass is 477 g/mol. The standard InChI is InChI=1S/C27H24ClNO5/c1-17-3-10-24(13-18(17)2)34-23-11-8-22(9-12-23)29-15-20(14-26(29)31)27(32)33-16-25(30)19-4-6-21(28)7-5-19/h3-13,20H,14-16H2,1-2H3/t20-/m0/s1. The van der Waals surface area contributed by atoms with Crippen molar-refractivity contribution in [2.75, 3.05) is 18.1 Å². The Morgan fingerprint density at radius 2 is 1.62 bits per heavy atom. The molecule has 34 heavy (non-hydrogen) atoms. The first-order valence-electron chi connectivity index (χ1n) is 10.9. The van der Waals surface area contributed by atoms with Crippen LogP contribution < -0.4 is 9.64 Å². The van der Waals surface area contributed by atoms with Crippen LogP contribution in [0.4, 0.5) is 5.69 Å². The van der Waals surface area contributed by atoms with Gasteiger partial charge >= 0.3 is 5.97 Å². The van der Waals surface area contributed by atoms with E-state index in [2.05, 4.69) is 0 Å². The summed E-state index contributed by atoms with van der Waals surface area (Å²) >= 11 is 5.82. The quantitative estimate of drug-likeness (QED) is 0.330. The van der Waals surface area contributed by atoms with Crippen molar-refractivity contribution in [3.05, 3.63) is 88.4 Å². The Balaban J connectivity index is 1.33. The van der Waals surface area contributed by atoms with Crippen LogP contribution in [0.5, 0.6) is 11.5 Å². The number of hydrogen-bond donors (Lipinski definition) is 0. The fourth-order valence-electron chi connectivity index (χ4n) is 3.70. The van der Waals surface area contributed by atoms with E-state index in [4.69, 9.17) is 21.1 Å². The van der Waals surface area contributed by atoms with Gasteiger partial charge in [-0.15, -0.1) is 0 Å². The maximum Gasteiger partial charge on any atom is 0.311 e. The van der Waals surface area contributed by atoms with Crippen LogP contribution in [0.2, 0.25) is 5.02 Å². The van der Waals surface area contributed by atoms with Crippen LogP contribution in [0.25, 0.3) is 0 Å². The Bertz CT molecular complexity index is 1220. The van der Waals surface area contributed by atoms with Gasteiger partial charge in [0.1, 0.15) is 11.5 Å². The molecule has 0 N–H and O–H groups in total. The topological polar surface area (TPSA) is 72.9 Å². The molecule has 1 heterocycles. The molecular weight excluding hydrogens is 454 g/mol. The molecule has 1 fully saturated rings. The molecule has 0 spiro atoms. The van der Waals surface area contributed by atoms with E-state index < -0.39 is 11.9 Å². The van der Waals surface area contributed by atoms with Gasteiger partial charge in [0, 0.05) is 29.2 Å². The highest BCUT2D eigenvalue weighted by atomic mass is 35.5. The summed E-state index contributed by atoms with van der Waals surface area (Å²) in [7, 11) is 0. The number of esters is 1. The molecule has 0 aromatic heterocycles. The minimum absolute atomic E-state index is 0.0366. The number of halogens is 1. The van der Waals surface area contributed by atoms with Crippen molar-refractivity contribution in [3.8, 4) is 11.5 Å². The molecule has 4 rings (SSSR count). The molecule has 0 aliphatic carbocycles. The molecule has 7 heteroatoms. The number of ether oxygens (including phenoxy) is 2. The van der Waals surface area contributed by atoms with Crippen LogP contribution in [0.3, 0.4) is 0 Å². The van der Waals surface area contributed by atoms with Crippen LogP contribution in [-0.4, -0.2) is 30.8 Å². The molecule has 6 nitrogen and oxygen atoms in total. The third-order valence-corrected chi connectivity index (χ3v) is 6.08. The lowest BCUT2D eigenvalue weighted by atomic mass is 10.1. The Kier molecular flexibility index (Phi) is 6.98. The third kappa shape index (κ3) is 5.46. The molecule has 174 valence electrons. The van der Waals surface area contributed by atoms with Gasteiger partial charge in [-0.1, -0.05) is 17.7 Å².